The molecule has 0 amide bonds. The fraction of sp³-hybridized carbons (Fsp3) is 0.0926. The molecule has 4 heterocycles. The molecule has 1 unspecified atom stereocenters. The number of hydrogen-bond acceptors (Lipinski definition) is 4. The lowest BCUT2D eigenvalue weighted by atomic mass is 9.82. The van der Waals surface area contributed by atoms with Crippen LogP contribution in [0.5, 0.6) is 0 Å². The van der Waals surface area contributed by atoms with Crippen LogP contribution in [0.1, 0.15) is 43.1 Å². The average molecular weight is 772 g/mol. The van der Waals surface area contributed by atoms with E-state index in [0.29, 0.717) is 24.1 Å². The van der Waals surface area contributed by atoms with Gasteiger partial charge in [0.25, 0.3) is 0 Å². The van der Waals surface area contributed by atoms with E-state index in [1.807, 2.05) is 0 Å². The van der Waals surface area contributed by atoms with Gasteiger partial charge in [0.05, 0.1) is 22.1 Å². The molecule has 0 bridgehead atoms. The molecule has 0 fully saturated rings. The van der Waals surface area contributed by atoms with Crippen molar-refractivity contribution in [1.82, 2.24) is 24.1 Å². The summed E-state index contributed by atoms with van der Waals surface area (Å²) in [7, 11) is 0. The molecular weight excluding hydrogens is 735 g/mol. The Morgan fingerprint density at radius 2 is 1.13 bits per heavy atom. The Bertz CT molecular complexity index is 3680. The lowest BCUT2D eigenvalue weighted by Gasteiger charge is -2.21. The summed E-state index contributed by atoms with van der Waals surface area (Å²) in [6, 6.07) is 56.2. The molecule has 0 saturated heterocycles. The quantitative estimate of drug-likeness (QED) is 0.179. The first kappa shape index (κ1) is 33.4. The van der Waals surface area contributed by atoms with Gasteiger partial charge in [-0.3, -0.25) is 9.13 Å². The molecule has 0 N–H and O–H groups in total. The summed E-state index contributed by atoms with van der Waals surface area (Å²) in [5, 5.41) is 6.91. The fourth-order valence-electron chi connectivity index (χ4n) is 10.3. The van der Waals surface area contributed by atoms with Crippen LogP contribution >= 0.6 is 0 Å². The number of para-hydroxylation sites is 3. The first-order valence-corrected chi connectivity index (χ1v) is 20.7. The van der Waals surface area contributed by atoms with Gasteiger partial charge in [-0.25, -0.2) is 0 Å². The van der Waals surface area contributed by atoms with Crippen molar-refractivity contribution in [2.75, 3.05) is 0 Å². The van der Waals surface area contributed by atoms with Crippen LogP contribution in [0.2, 0.25) is 0 Å². The standard InChI is InChI=1S/C54H37N5O/c1-54(2)42-22-10-6-17-35(42)40-30-41-38-20-9-13-25-46(38)59(47(41)31-43(40)54)53-56-51(55-52(57-53)58-44-23-11-7-18-36(44)37-19-8-12-24-45(37)58)33-27-28-39-49(29-33)60-48-26-14-21-34(50(39)48)32-15-4-3-5-16-32/h3-26,28-31,33H,27H2,1-2H3. The minimum atomic E-state index is -0.169. The second kappa shape index (κ2) is 12.2. The third-order valence-electron chi connectivity index (χ3n) is 13.1. The van der Waals surface area contributed by atoms with Crippen molar-refractivity contribution in [1.29, 1.82) is 0 Å². The van der Waals surface area contributed by atoms with E-state index in [4.69, 9.17) is 19.4 Å². The van der Waals surface area contributed by atoms with E-state index >= 15 is 0 Å². The van der Waals surface area contributed by atoms with E-state index in [9.17, 15) is 0 Å². The molecule has 0 aliphatic heterocycles. The first-order valence-electron chi connectivity index (χ1n) is 20.7. The Balaban J connectivity index is 1.08. The van der Waals surface area contributed by atoms with Crippen molar-refractivity contribution in [2.45, 2.75) is 31.6 Å². The molecular formula is C54H37N5O. The molecule has 6 heteroatoms. The highest BCUT2D eigenvalue weighted by atomic mass is 16.3. The summed E-state index contributed by atoms with van der Waals surface area (Å²) < 4.78 is 11.1. The van der Waals surface area contributed by atoms with E-state index in [1.54, 1.807) is 0 Å². The Morgan fingerprint density at radius 1 is 0.533 bits per heavy atom. The highest BCUT2D eigenvalue weighted by Gasteiger charge is 2.36. The number of aromatic nitrogens is 5. The zero-order chi connectivity index (χ0) is 39.7. The van der Waals surface area contributed by atoms with Gasteiger partial charge in [0.2, 0.25) is 11.9 Å². The Kier molecular flexibility index (Phi) is 6.81. The topological polar surface area (TPSA) is 61.7 Å². The van der Waals surface area contributed by atoms with Gasteiger partial charge < -0.3 is 4.42 Å². The van der Waals surface area contributed by atoms with Crippen molar-refractivity contribution in [3.8, 4) is 34.2 Å². The Morgan fingerprint density at radius 3 is 1.85 bits per heavy atom. The molecule has 13 rings (SSSR count). The molecule has 6 nitrogen and oxygen atoms in total. The van der Waals surface area contributed by atoms with E-state index in [0.717, 1.165) is 59.8 Å². The molecule has 11 aromatic rings. The van der Waals surface area contributed by atoms with Crippen LogP contribution in [0.4, 0.5) is 0 Å². The molecule has 60 heavy (non-hydrogen) atoms. The summed E-state index contributed by atoms with van der Waals surface area (Å²) >= 11 is 0. The van der Waals surface area contributed by atoms with E-state index < -0.39 is 0 Å². The number of hydrogen-bond donors (Lipinski definition) is 0. The van der Waals surface area contributed by atoms with E-state index in [2.05, 4.69) is 193 Å². The van der Waals surface area contributed by atoms with E-state index in [1.165, 1.54) is 38.8 Å². The zero-order valence-electron chi connectivity index (χ0n) is 33.1. The van der Waals surface area contributed by atoms with Crippen molar-refractivity contribution < 1.29 is 4.42 Å². The summed E-state index contributed by atoms with van der Waals surface area (Å²) in [6.45, 7) is 4.67. The SMILES string of the molecule is CC1(C)c2ccccc2-c2cc3c4ccccc4n(-c4nc(C5C=c6oc7cccc(-c8ccccc8)c7c6=CC5)nc(-n5c6ccccc6c6ccccc65)n4)c3cc21. The van der Waals surface area contributed by atoms with Gasteiger partial charge >= 0.3 is 0 Å². The van der Waals surface area contributed by atoms with Crippen LogP contribution in [0.3, 0.4) is 0 Å². The van der Waals surface area contributed by atoms with Gasteiger partial charge in [0.1, 0.15) is 16.8 Å². The highest BCUT2D eigenvalue weighted by Crippen LogP contribution is 2.51. The van der Waals surface area contributed by atoms with Crippen molar-refractivity contribution >= 4 is 66.7 Å². The maximum Gasteiger partial charge on any atom is 0.239 e. The molecule has 4 aromatic heterocycles. The predicted molar refractivity (Wildman–Crippen MR) is 243 cm³/mol. The average Bonchev–Trinajstić information content (AvgIpc) is 4.01. The monoisotopic (exact) mass is 771 g/mol. The van der Waals surface area contributed by atoms with Crippen LogP contribution < -0.4 is 10.6 Å². The number of nitrogens with zero attached hydrogens (tertiary/aromatic N) is 5. The molecule has 0 radical (unpaired) electrons. The van der Waals surface area contributed by atoms with Crippen LogP contribution in [0.25, 0.3) is 101 Å². The van der Waals surface area contributed by atoms with Crippen LogP contribution in [-0.4, -0.2) is 24.1 Å². The van der Waals surface area contributed by atoms with Gasteiger partial charge in [-0.15, -0.1) is 0 Å². The summed E-state index contributed by atoms with van der Waals surface area (Å²) in [6.07, 6.45) is 5.25. The lowest BCUT2D eigenvalue weighted by Crippen LogP contribution is -2.26. The minimum absolute atomic E-state index is 0.155. The van der Waals surface area contributed by atoms with Gasteiger partial charge in [0, 0.05) is 43.5 Å². The second-order valence-electron chi connectivity index (χ2n) is 16.7. The van der Waals surface area contributed by atoms with E-state index in [-0.39, 0.29) is 11.3 Å². The first-order chi connectivity index (χ1) is 29.5. The zero-order valence-corrected chi connectivity index (χ0v) is 33.1. The second-order valence-corrected chi connectivity index (χ2v) is 16.7. The molecule has 284 valence electrons. The van der Waals surface area contributed by atoms with Crippen LogP contribution in [-0.2, 0) is 5.41 Å². The Hall–Kier alpha value is -7.57. The lowest BCUT2D eigenvalue weighted by molar-refractivity contribution is 0.567. The normalized spacial score (nSPS) is 15.3. The summed E-state index contributed by atoms with van der Waals surface area (Å²) in [5.41, 5.74) is 13.4. The number of rotatable bonds is 4. The maximum atomic E-state index is 6.66. The summed E-state index contributed by atoms with van der Waals surface area (Å²) in [4.78, 5) is 16.3. The van der Waals surface area contributed by atoms with Crippen molar-refractivity contribution in [3.63, 3.8) is 0 Å². The molecule has 7 aromatic carbocycles. The fourth-order valence-corrected chi connectivity index (χ4v) is 10.3. The van der Waals surface area contributed by atoms with Crippen molar-refractivity contribution in [2.24, 2.45) is 0 Å². The van der Waals surface area contributed by atoms with Crippen LogP contribution in [0, 0.1) is 0 Å². The largest absolute Gasteiger partial charge is 0.456 e. The summed E-state index contributed by atoms with van der Waals surface area (Å²) in [5.74, 6) is 1.72. The minimum Gasteiger partial charge on any atom is -0.456 e. The predicted octanol–water partition coefficient (Wildman–Crippen LogP) is 11.5. The van der Waals surface area contributed by atoms with Crippen LogP contribution in [0.15, 0.2) is 162 Å². The van der Waals surface area contributed by atoms with Gasteiger partial charge in [0.15, 0.2) is 0 Å². The smallest absolute Gasteiger partial charge is 0.239 e. The van der Waals surface area contributed by atoms with Gasteiger partial charge in [-0.05, 0) is 82.3 Å². The number of fused-ring (bicyclic) bond motifs is 12. The molecule has 0 spiro atoms. The highest BCUT2D eigenvalue weighted by molar-refractivity contribution is 6.12. The van der Waals surface area contributed by atoms with Gasteiger partial charge in [-0.1, -0.05) is 141 Å². The molecule has 2 aliphatic rings. The Labute approximate surface area is 345 Å². The van der Waals surface area contributed by atoms with Crippen molar-refractivity contribution in [3.05, 3.63) is 185 Å². The molecule has 1 atom stereocenters. The molecule has 2 aliphatic carbocycles. The number of benzene rings is 7. The maximum absolute atomic E-state index is 6.66. The number of furan rings is 1. The molecule has 0 saturated carbocycles. The van der Waals surface area contributed by atoms with Gasteiger partial charge in [-0.2, -0.15) is 15.0 Å². The third kappa shape index (κ3) is 4.61. The third-order valence-corrected chi connectivity index (χ3v) is 13.1.